The Bertz CT molecular complexity index is 882. The number of aromatic nitrogens is 1. The molecule has 0 radical (unpaired) electrons. The van der Waals surface area contributed by atoms with Crippen molar-refractivity contribution >= 4 is 28.4 Å². The Morgan fingerprint density at radius 3 is 2.03 bits per heavy atom. The van der Waals surface area contributed by atoms with E-state index in [-0.39, 0.29) is 5.78 Å². The number of aromatic amines is 1. The molecule has 1 heterocycles. The highest BCUT2D eigenvalue weighted by molar-refractivity contribution is 5.96. The normalized spacial score (nSPS) is 10.7. The van der Waals surface area contributed by atoms with Crippen LogP contribution in [-0.4, -0.2) is 21.8 Å². The van der Waals surface area contributed by atoms with Crippen LogP contribution in [-0.2, 0) is 16.0 Å². The number of nitrogens with two attached hydrogens (primary N) is 1. The molecule has 5 nitrogen and oxygen atoms in total. The van der Waals surface area contributed by atoms with Gasteiger partial charge in [0.25, 0.3) is 0 Å². The van der Waals surface area contributed by atoms with Crippen molar-refractivity contribution in [3.05, 3.63) is 78.5 Å². The Balaban J connectivity index is 0.000000224. The van der Waals surface area contributed by atoms with Crippen LogP contribution in [0.1, 0.15) is 38.4 Å². The number of carbonyl (C=O) groups is 2. The van der Waals surface area contributed by atoms with Gasteiger partial charge in [0.05, 0.1) is 5.69 Å². The second kappa shape index (κ2) is 12.2. The maximum absolute atomic E-state index is 10.4. The number of nitrogens with one attached hydrogen (secondary N) is 1. The molecule has 2 aromatic carbocycles. The lowest BCUT2D eigenvalue weighted by molar-refractivity contribution is -0.145. The van der Waals surface area contributed by atoms with Gasteiger partial charge in [-0.05, 0) is 37.5 Å². The zero-order valence-electron chi connectivity index (χ0n) is 17.3. The quantitative estimate of drug-likeness (QED) is 0.529. The fourth-order valence-corrected chi connectivity index (χ4v) is 2.60. The fourth-order valence-electron chi connectivity index (χ4n) is 2.60. The minimum atomic E-state index is -1.02. The average molecular weight is 395 g/mol. The Hall–Kier alpha value is -3.34. The molecule has 0 spiro atoms. The number of hydrogen-bond donors (Lipinski definition) is 3. The highest BCUT2D eigenvalue weighted by atomic mass is 16.4. The summed E-state index contributed by atoms with van der Waals surface area (Å²) in [6, 6.07) is 20.5. The Morgan fingerprint density at radius 2 is 1.66 bits per heavy atom. The number of aliphatic carboxylic acids is 1. The third-order valence-corrected chi connectivity index (χ3v) is 4.32. The van der Waals surface area contributed by atoms with Gasteiger partial charge >= 0.3 is 5.97 Å². The van der Waals surface area contributed by atoms with Crippen LogP contribution >= 0.6 is 0 Å². The molecule has 0 saturated carbocycles. The standard InChI is InChI=1S/C10H10N2.C8H10.C6H10O3/c1-7(11)10-6-8-4-2-3-5-9(8)12-10;1-2-8-6-4-3-5-7-8;1-3-5(4(2)7)6(8)9/h2-6,12H,1,11H2;3-7H,2H2,1H3;5H,3H2,1-2H3,(H,8,9). The van der Waals surface area contributed by atoms with E-state index in [1.165, 1.54) is 17.9 Å². The van der Waals surface area contributed by atoms with E-state index in [0.717, 1.165) is 17.6 Å². The molecule has 3 aromatic rings. The summed E-state index contributed by atoms with van der Waals surface area (Å²) in [6.07, 6.45) is 1.52. The van der Waals surface area contributed by atoms with Gasteiger partial charge in [0.2, 0.25) is 0 Å². The number of H-pyrrole nitrogens is 1. The van der Waals surface area contributed by atoms with Gasteiger partial charge in [-0.1, -0.05) is 69.0 Å². The van der Waals surface area contributed by atoms with Crippen LogP contribution in [0.4, 0.5) is 0 Å². The van der Waals surface area contributed by atoms with Gasteiger partial charge in [-0.15, -0.1) is 0 Å². The van der Waals surface area contributed by atoms with Crippen molar-refractivity contribution in [1.29, 1.82) is 0 Å². The first-order valence-corrected chi connectivity index (χ1v) is 9.59. The topological polar surface area (TPSA) is 96.2 Å². The first kappa shape index (κ1) is 23.7. The molecule has 4 N–H and O–H groups in total. The third kappa shape index (κ3) is 8.05. The van der Waals surface area contributed by atoms with Crippen LogP contribution in [0.15, 0.2) is 67.2 Å². The SMILES string of the molecule is C=C(N)c1cc2ccccc2[nH]1.CCC(C(C)=O)C(=O)O.CCc1ccccc1. The molecule has 0 aliphatic heterocycles. The van der Waals surface area contributed by atoms with Crippen molar-refractivity contribution in [1.82, 2.24) is 4.98 Å². The first-order chi connectivity index (χ1) is 13.8. The minimum Gasteiger partial charge on any atom is -0.481 e. The molecule has 0 amide bonds. The van der Waals surface area contributed by atoms with Crippen LogP contribution in [0, 0.1) is 5.92 Å². The molecule has 0 aliphatic rings. The number of hydrogen-bond acceptors (Lipinski definition) is 3. The first-order valence-electron chi connectivity index (χ1n) is 9.59. The second-order valence-corrected chi connectivity index (χ2v) is 6.54. The van der Waals surface area contributed by atoms with Crippen molar-refractivity contribution in [3.63, 3.8) is 0 Å². The smallest absolute Gasteiger partial charge is 0.314 e. The molecule has 1 atom stereocenters. The number of carbonyl (C=O) groups excluding carboxylic acids is 1. The maximum Gasteiger partial charge on any atom is 0.314 e. The van der Waals surface area contributed by atoms with E-state index in [2.05, 4.69) is 42.8 Å². The van der Waals surface area contributed by atoms with Crippen molar-refractivity contribution in [3.8, 4) is 0 Å². The molecule has 3 rings (SSSR count). The van der Waals surface area contributed by atoms with Crippen LogP contribution < -0.4 is 5.73 Å². The number of rotatable bonds is 5. The summed E-state index contributed by atoms with van der Waals surface area (Å²) in [5.74, 6) is -2.10. The van der Waals surface area contributed by atoms with Gasteiger partial charge < -0.3 is 15.8 Å². The molecule has 1 aromatic heterocycles. The molecule has 0 aliphatic carbocycles. The van der Waals surface area contributed by atoms with Crippen LogP contribution in [0.2, 0.25) is 0 Å². The summed E-state index contributed by atoms with van der Waals surface area (Å²) in [4.78, 5) is 23.8. The molecular weight excluding hydrogens is 364 g/mol. The summed E-state index contributed by atoms with van der Waals surface area (Å²) >= 11 is 0. The van der Waals surface area contributed by atoms with Crippen molar-refractivity contribution in [2.24, 2.45) is 11.7 Å². The number of benzene rings is 2. The highest BCUT2D eigenvalue weighted by Gasteiger charge is 2.19. The average Bonchev–Trinajstić information content (AvgIpc) is 3.14. The highest BCUT2D eigenvalue weighted by Crippen LogP contribution is 2.16. The van der Waals surface area contributed by atoms with Gasteiger partial charge in [0.15, 0.2) is 0 Å². The molecule has 29 heavy (non-hydrogen) atoms. The van der Waals surface area contributed by atoms with Gasteiger partial charge in [-0.25, -0.2) is 0 Å². The Morgan fingerprint density at radius 1 is 1.07 bits per heavy atom. The summed E-state index contributed by atoms with van der Waals surface area (Å²) in [7, 11) is 0. The molecule has 154 valence electrons. The van der Waals surface area contributed by atoms with Gasteiger partial charge in [-0.3, -0.25) is 9.59 Å². The molecule has 0 bridgehead atoms. The zero-order valence-corrected chi connectivity index (χ0v) is 17.3. The van der Waals surface area contributed by atoms with Gasteiger partial charge in [0, 0.05) is 16.6 Å². The maximum atomic E-state index is 10.4. The summed E-state index contributed by atoms with van der Waals surface area (Å²) < 4.78 is 0. The van der Waals surface area contributed by atoms with Gasteiger partial charge in [0.1, 0.15) is 11.7 Å². The van der Waals surface area contributed by atoms with E-state index in [0.29, 0.717) is 12.1 Å². The number of carboxylic acids is 1. The number of aryl methyl sites for hydroxylation is 1. The van der Waals surface area contributed by atoms with Crippen molar-refractivity contribution in [2.75, 3.05) is 0 Å². The third-order valence-electron chi connectivity index (χ3n) is 4.32. The Kier molecular flexibility index (Phi) is 9.96. The predicted octanol–water partition coefficient (Wildman–Crippen LogP) is 5.03. The zero-order chi connectivity index (χ0) is 21.8. The molecular formula is C24H30N2O3. The van der Waals surface area contributed by atoms with E-state index in [1.54, 1.807) is 6.92 Å². The lowest BCUT2D eigenvalue weighted by Crippen LogP contribution is -2.19. The largest absolute Gasteiger partial charge is 0.481 e. The van der Waals surface area contributed by atoms with Crippen molar-refractivity contribution < 1.29 is 14.7 Å². The molecule has 1 unspecified atom stereocenters. The lowest BCUT2D eigenvalue weighted by atomic mass is 10.0. The van der Waals surface area contributed by atoms with Crippen LogP contribution in [0.5, 0.6) is 0 Å². The van der Waals surface area contributed by atoms with Crippen molar-refractivity contribution in [2.45, 2.75) is 33.6 Å². The number of carboxylic acid groups (broad SMARTS) is 1. The summed E-state index contributed by atoms with van der Waals surface area (Å²) in [6.45, 7) is 8.80. The predicted molar refractivity (Wildman–Crippen MR) is 119 cm³/mol. The van der Waals surface area contributed by atoms with Crippen LogP contribution in [0.25, 0.3) is 16.6 Å². The number of para-hydroxylation sites is 1. The summed E-state index contributed by atoms with van der Waals surface area (Å²) in [5.41, 5.74) is 9.53. The van der Waals surface area contributed by atoms with E-state index in [1.807, 2.05) is 36.4 Å². The Labute approximate surface area is 172 Å². The molecule has 0 fully saturated rings. The number of fused-ring (bicyclic) bond motifs is 1. The minimum absolute atomic E-state index is 0.273. The van der Waals surface area contributed by atoms with Gasteiger partial charge in [-0.2, -0.15) is 0 Å². The second-order valence-electron chi connectivity index (χ2n) is 6.54. The van der Waals surface area contributed by atoms with E-state index in [4.69, 9.17) is 10.8 Å². The van der Waals surface area contributed by atoms with Crippen LogP contribution in [0.3, 0.4) is 0 Å². The van der Waals surface area contributed by atoms with E-state index < -0.39 is 11.9 Å². The monoisotopic (exact) mass is 394 g/mol. The molecule has 0 saturated heterocycles. The summed E-state index contributed by atoms with van der Waals surface area (Å²) in [5, 5.41) is 9.49. The number of ketones is 1. The van der Waals surface area contributed by atoms with E-state index in [9.17, 15) is 9.59 Å². The number of Topliss-reactive ketones (excluding diaryl/α,β-unsaturated/α-hetero) is 1. The lowest BCUT2D eigenvalue weighted by Gasteiger charge is -2.01. The molecule has 5 heteroatoms. The fraction of sp³-hybridized carbons (Fsp3) is 0.250. The van der Waals surface area contributed by atoms with E-state index >= 15 is 0 Å².